The second-order valence-corrected chi connectivity index (χ2v) is 7.68. The number of hydrogen-bond donors (Lipinski definition) is 0. The quantitative estimate of drug-likeness (QED) is 0.813. The fraction of sp³-hybridized carbons (Fsp3) is 0.348. The number of aliphatic imine (C=N–C) groups is 1. The highest BCUT2D eigenvalue weighted by Gasteiger charge is 2.27. The highest BCUT2D eigenvalue weighted by Crippen LogP contribution is 2.27. The lowest BCUT2D eigenvalue weighted by atomic mass is 9.86. The summed E-state index contributed by atoms with van der Waals surface area (Å²) in [5.74, 6) is 0.343. The van der Waals surface area contributed by atoms with Gasteiger partial charge in [-0.3, -0.25) is 14.8 Å². The smallest absolute Gasteiger partial charge is 0.182 e. The molecule has 0 saturated heterocycles. The van der Waals surface area contributed by atoms with E-state index in [-0.39, 0.29) is 17.7 Å². The van der Waals surface area contributed by atoms with E-state index in [4.69, 9.17) is 9.98 Å². The summed E-state index contributed by atoms with van der Waals surface area (Å²) in [6.45, 7) is 9.02. The van der Waals surface area contributed by atoms with Gasteiger partial charge in [0, 0.05) is 17.3 Å². The zero-order valence-corrected chi connectivity index (χ0v) is 15.8. The van der Waals surface area contributed by atoms with Gasteiger partial charge in [0.1, 0.15) is 6.04 Å². The van der Waals surface area contributed by atoms with Gasteiger partial charge in [-0.1, -0.05) is 26.0 Å². The Morgan fingerprint density at radius 1 is 1.19 bits per heavy atom. The fourth-order valence-corrected chi connectivity index (χ4v) is 3.90. The number of aryl methyl sites for hydroxylation is 1. The molecule has 3 nitrogen and oxygen atoms in total. The Balaban J connectivity index is 1.78. The largest absolute Gasteiger partial charge is 0.290 e. The number of carbonyl (C=O) groups is 1. The lowest BCUT2D eigenvalue weighted by Gasteiger charge is -2.21. The predicted octanol–water partition coefficient (Wildman–Crippen LogP) is 3.03. The fourth-order valence-electron chi connectivity index (χ4n) is 3.90. The molecule has 0 spiro atoms. The highest BCUT2D eigenvalue weighted by molar-refractivity contribution is 6.10. The van der Waals surface area contributed by atoms with Crippen molar-refractivity contribution in [2.75, 3.05) is 6.54 Å². The normalized spacial score (nSPS) is 23.3. The minimum atomic E-state index is 0.0226. The molecule has 0 radical (unpaired) electrons. The van der Waals surface area contributed by atoms with Gasteiger partial charge in [0.15, 0.2) is 5.78 Å². The van der Waals surface area contributed by atoms with Crippen LogP contribution in [0, 0.1) is 12.8 Å². The molecule has 3 aliphatic rings. The first-order valence-corrected chi connectivity index (χ1v) is 9.32. The number of rotatable bonds is 2. The van der Waals surface area contributed by atoms with E-state index in [1.165, 1.54) is 16.4 Å². The number of nitrogens with zero attached hydrogens (tertiary/aromatic N) is 2. The molecule has 0 amide bonds. The average Bonchev–Trinajstić information content (AvgIpc) is 2.95. The van der Waals surface area contributed by atoms with Crippen molar-refractivity contribution in [3.05, 3.63) is 69.3 Å². The molecule has 1 unspecified atom stereocenters. The van der Waals surface area contributed by atoms with Crippen LogP contribution in [-0.2, 0) is 4.79 Å². The molecule has 1 atom stereocenters. The van der Waals surface area contributed by atoms with Gasteiger partial charge in [-0.2, -0.15) is 0 Å². The first-order valence-electron chi connectivity index (χ1n) is 9.32. The van der Waals surface area contributed by atoms with Crippen LogP contribution in [0.25, 0.3) is 5.57 Å². The lowest BCUT2D eigenvalue weighted by Crippen LogP contribution is -2.26. The predicted molar refractivity (Wildman–Crippen MR) is 106 cm³/mol. The maximum Gasteiger partial charge on any atom is 0.182 e. The van der Waals surface area contributed by atoms with Crippen molar-refractivity contribution in [1.29, 1.82) is 0 Å². The van der Waals surface area contributed by atoms with Gasteiger partial charge in [0.25, 0.3) is 0 Å². The molecule has 1 aromatic carbocycles. The van der Waals surface area contributed by atoms with E-state index >= 15 is 0 Å². The summed E-state index contributed by atoms with van der Waals surface area (Å²) in [5, 5.41) is 2.36. The van der Waals surface area contributed by atoms with E-state index in [2.05, 4.69) is 45.0 Å². The number of allylic oxidation sites excluding steroid dienone is 5. The third-order valence-corrected chi connectivity index (χ3v) is 5.38. The molecule has 2 heterocycles. The van der Waals surface area contributed by atoms with E-state index in [0.717, 1.165) is 40.8 Å². The van der Waals surface area contributed by atoms with Crippen LogP contribution in [0.3, 0.4) is 0 Å². The molecule has 0 saturated carbocycles. The number of ketones is 1. The Morgan fingerprint density at radius 3 is 2.77 bits per heavy atom. The SMILES string of the molecule is CC1=CC(=O)C(C(C)C)=C/C1=C/C1=NCCC2=c3ccc(C)cc3=NC12. The van der Waals surface area contributed by atoms with Gasteiger partial charge in [-0.15, -0.1) is 0 Å². The van der Waals surface area contributed by atoms with Crippen molar-refractivity contribution in [2.24, 2.45) is 15.9 Å². The first kappa shape index (κ1) is 16.9. The number of carbonyl (C=O) groups excluding carboxylic acids is 1. The average molecular weight is 344 g/mol. The molecular formula is C23H24N2O. The van der Waals surface area contributed by atoms with E-state index < -0.39 is 0 Å². The molecule has 26 heavy (non-hydrogen) atoms. The van der Waals surface area contributed by atoms with Gasteiger partial charge in [-0.05, 0) is 72.8 Å². The maximum atomic E-state index is 12.2. The minimum absolute atomic E-state index is 0.0226. The molecule has 132 valence electrons. The van der Waals surface area contributed by atoms with Crippen LogP contribution in [0.15, 0.2) is 63.1 Å². The molecule has 1 aromatic rings. The van der Waals surface area contributed by atoms with Gasteiger partial charge in [-0.25, -0.2) is 0 Å². The zero-order valence-electron chi connectivity index (χ0n) is 15.8. The highest BCUT2D eigenvalue weighted by atomic mass is 16.1. The second kappa shape index (κ2) is 6.31. The van der Waals surface area contributed by atoms with Crippen LogP contribution in [0.1, 0.15) is 32.8 Å². The summed E-state index contributed by atoms with van der Waals surface area (Å²) in [6.07, 6.45) is 6.88. The van der Waals surface area contributed by atoms with Crippen molar-refractivity contribution in [1.82, 2.24) is 0 Å². The number of hydrogen-bond acceptors (Lipinski definition) is 3. The Bertz CT molecular complexity index is 1050. The lowest BCUT2D eigenvalue weighted by molar-refractivity contribution is -0.111. The topological polar surface area (TPSA) is 41.8 Å². The summed E-state index contributed by atoms with van der Waals surface area (Å²) in [6, 6.07) is 6.53. The summed E-state index contributed by atoms with van der Waals surface area (Å²) in [5.41, 5.74) is 6.57. The monoisotopic (exact) mass is 344 g/mol. The van der Waals surface area contributed by atoms with Gasteiger partial charge >= 0.3 is 0 Å². The molecule has 4 rings (SSSR count). The first-order chi connectivity index (χ1) is 12.4. The molecule has 0 fully saturated rings. The molecule has 0 bridgehead atoms. The van der Waals surface area contributed by atoms with Crippen molar-refractivity contribution in [3.8, 4) is 0 Å². The number of fused-ring (bicyclic) bond motifs is 2. The Morgan fingerprint density at radius 2 is 2.00 bits per heavy atom. The van der Waals surface area contributed by atoms with Gasteiger partial charge < -0.3 is 0 Å². The molecule has 0 aromatic heterocycles. The van der Waals surface area contributed by atoms with Crippen LogP contribution >= 0.6 is 0 Å². The van der Waals surface area contributed by atoms with E-state index in [9.17, 15) is 4.79 Å². The van der Waals surface area contributed by atoms with Crippen molar-refractivity contribution in [2.45, 2.75) is 40.2 Å². The molecular weight excluding hydrogens is 320 g/mol. The summed E-state index contributed by atoms with van der Waals surface area (Å²) < 4.78 is 0. The summed E-state index contributed by atoms with van der Waals surface area (Å²) >= 11 is 0. The van der Waals surface area contributed by atoms with Crippen molar-refractivity contribution in [3.63, 3.8) is 0 Å². The standard InChI is InChI=1S/C23H24N2O/c1-13(2)19-11-16(15(4)10-22(19)26)12-21-23-18(7-8-24-21)17-6-5-14(3)9-20(17)25-23/h5-6,9-13,23H,7-8H2,1-4H3/b16-12-. The summed E-state index contributed by atoms with van der Waals surface area (Å²) in [4.78, 5) is 22.0. The van der Waals surface area contributed by atoms with E-state index in [1.807, 2.05) is 13.0 Å². The Hall–Kier alpha value is -2.55. The number of benzene rings is 1. The molecule has 0 N–H and O–H groups in total. The molecule has 1 aliphatic carbocycles. The van der Waals surface area contributed by atoms with Gasteiger partial charge in [0.05, 0.1) is 11.1 Å². The third-order valence-electron chi connectivity index (χ3n) is 5.38. The maximum absolute atomic E-state index is 12.2. The Labute approximate surface area is 154 Å². The van der Waals surface area contributed by atoms with E-state index in [1.54, 1.807) is 6.08 Å². The summed E-state index contributed by atoms with van der Waals surface area (Å²) in [7, 11) is 0. The van der Waals surface area contributed by atoms with Crippen LogP contribution in [0.2, 0.25) is 0 Å². The molecule has 3 heteroatoms. The third kappa shape index (κ3) is 2.82. The van der Waals surface area contributed by atoms with Crippen molar-refractivity contribution < 1.29 is 4.79 Å². The van der Waals surface area contributed by atoms with Crippen LogP contribution < -0.4 is 10.6 Å². The molecule has 2 aliphatic heterocycles. The van der Waals surface area contributed by atoms with Crippen LogP contribution in [0.4, 0.5) is 0 Å². The second-order valence-electron chi connectivity index (χ2n) is 7.68. The van der Waals surface area contributed by atoms with E-state index in [0.29, 0.717) is 0 Å². The van der Waals surface area contributed by atoms with Crippen LogP contribution in [-0.4, -0.2) is 24.1 Å². The van der Waals surface area contributed by atoms with Gasteiger partial charge in [0.2, 0.25) is 0 Å². The van der Waals surface area contributed by atoms with Crippen molar-refractivity contribution >= 4 is 17.1 Å². The van der Waals surface area contributed by atoms with Crippen LogP contribution in [0.5, 0.6) is 0 Å². The zero-order chi connectivity index (χ0) is 18.4. The minimum Gasteiger partial charge on any atom is -0.290 e. The Kier molecular flexibility index (Phi) is 4.10.